The normalized spacial score (nSPS) is 10.7. The molecule has 3 aromatic rings. The maximum absolute atomic E-state index is 13.9. The zero-order chi connectivity index (χ0) is 19.0. The van der Waals surface area contributed by atoms with Crippen molar-refractivity contribution in [1.82, 2.24) is 9.97 Å². The van der Waals surface area contributed by atoms with Gasteiger partial charge in [0.15, 0.2) is 23.3 Å². The molecule has 6 nitrogen and oxygen atoms in total. The van der Waals surface area contributed by atoms with E-state index in [0.717, 1.165) is 12.1 Å². The summed E-state index contributed by atoms with van der Waals surface area (Å²) in [6.45, 7) is 0. The van der Waals surface area contributed by atoms with Gasteiger partial charge in [-0.2, -0.15) is 0 Å². The molecule has 0 saturated heterocycles. The van der Waals surface area contributed by atoms with Crippen molar-refractivity contribution in [1.29, 1.82) is 0 Å². The zero-order valence-corrected chi connectivity index (χ0v) is 12.7. The fourth-order valence-electron chi connectivity index (χ4n) is 2.34. The number of carboxylic acid groups (broad SMARTS) is 1. The fourth-order valence-corrected chi connectivity index (χ4v) is 2.34. The van der Waals surface area contributed by atoms with E-state index < -0.39 is 46.0 Å². The predicted octanol–water partition coefficient (Wildman–Crippen LogP) is 3.34. The maximum Gasteiger partial charge on any atom is 0.343 e. The second-order valence-electron chi connectivity index (χ2n) is 5.15. The third kappa shape index (κ3) is 2.79. The molecule has 9 heteroatoms. The molecular formula is C17H9F3N2O4. The van der Waals surface area contributed by atoms with Crippen molar-refractivity contribution in [2.24, 2.45) is 0 Å². The van der Waals surface area contributed by atoms with Crippen LogP contribution in [-0.2, 0) is 0 Å². The van der Waals surface area contributed by atoms with E-state index in [1.165, 1.54) is 18.3 Å². The SMILES string of the molecule is O=C(O)c1c(O)ccc(-c2ccnc(-c3ccc(F)c(F)c3F)n2)c1O. The summed E-state index contributed by atoms with van der Waals surface area (Å²) in [5.74, 6) is -7.82. The van der Waals surface area contributed by atoms with Gasteiger partial charge in [0.25, 0.3) is 0 Å². The lowest BCUT2D eigenvalue weighted by atomic mass is 10.0. The van der Waals surface area contributed by atoms with Gasteiger partial charge < -0.3 is 15.3 Å². The summed E-state index contributed by atoms with van der Waals surface area (Å²) in [7, 11) is 0. The van der Waals surface area contributed by atoms with Crippen LogP contribution in [0.4, 0.5) is 13.2 Å². The Kier molecular flexibility index (Phi) is 4.21. The van der Waals surface area contributed by atoms with Gasteiger partial charge in [0.05, 0.1) is 11.3 Å². The van der Waals surface area contributed by atoms with E-state index in [0.29, 0.717) is 6.07 Å². The van der Waals surface area contributed by atoms with Crippen molar-refractivity contribution >= 4 is 5.97 Å². The van der Waals surface area contributed by atoms with Crippen molar-refractivity contribution in [3.05, 3.63) is 59.5 Å². The standard InChI is InChI=1S/C17H9F3N2O4/c18-9-3-1-8(13(19)14(9)20)16-21-6-5-10(22-16)7-2-4-11(23)12(15(7)24)17(25)26/h1-6,23-24H,(H,25,26). The number of hydrogen-bond donors (Lipinski definition) is 3. The van der Waals surface area contributed by atoms with Crippen LogP contribution in [0.25, 0.3) is 22.6 Å². The molecule has 0 aliphatic heterocycles. The molecule has 0 atom stereocenters. The van der Waals surface area contributed by atoms with Gasteiger partial charge in [0.2, 0.25) is 0 Å². The molecule has 2 aromatic carbocycles. The molecule has 0 amide bonds. The molecule has 3 rings (SSSR count). The lowest BCUT2D eigenvalue weighted by Crippen LogP contribution is -2.01. The molecular weight excluding hydrogens is 353 g/mol. The monoisotopic (exact) mass is 362 g/mol. The maximum atomic E-state index is 13.9. The average Bonchev–Trinajstić information content (AvgIpc) is 2.60. The first-order valence-electron chi connectivity index (χ1n) is 7.06. The van der Waals surface area contributed by atoms with Crippen LogP contribution in [0.3, 0.4) is 0 Å². The van der Waals surface area contributed by atoms with E-state index >= 15 is 0 Å². The van der Waals surface area contributed by atoms with Gasteiger partial charge in [-0.1, -0.05) is 0 Å². The third-order valence-electron chi connectivity index (χ3n) is 3.58. The van der Waals surface area contributed by atoms with Gasteiger partial charge in [-0.3, -0.25) is 0 Å². The number of carbonyl (C=O) groups is 1. The highest BCUT2D eigenvalue weighted by Gasteiger charge is 2.21. The number of halogens is 3. The first kappa shape index (κ1) is 17.2. The number of nitrogens with zero attached hydrogens (tertiary/aromatic N) is 2. The molecule has 0 unspecified atom stereocenters. The van der Waals surface area contributed by atoms with Crippen LogP contribution in [0.2, 0.25) is 0 Å². The summed E-state index contributed by atoms with van der Waals surface area (Å²) >= 11 is 0. The zero-order valence-electron chi connectivity index (χ0n) is 12.7. The second-order valence-corrected chi connectivity index (χ2v) is 5.15. The number of phenols is 2. The first-order chi connectivity index (χ1) is 12.3. The molecule has 0 fully saturated rings. The minimum atomic E-state index is -1.68. The summed E-state index contributed by atoms with van der Waals surface area (Å²) in [4.78, 5) is 18.9. The Morgan fingerprint density at radius 3 is 2.31 bits per heavy atom. The number of aromatic carboxylic acids is 1. The molecule has 0 radical (unpaired) electrons. The van der Waals surface area contributed by atoms with Crippen LogP contribution < -0.4 is 0 Å². The van der Waals surface area contributed by atoms with Crippen LogP contribution in [-0.4, -0.2) is 31.3 Å². The van der Waals surface area contributed by atoms with Crippen LogP contribution in [0.1, 0.15) is 10.4 Å². The third-order valence-corrected chi connectivity index (χ3v) is 3.58. The van der Waals surface area contributed by atoms with Gasteiger partial charge in [-0.05, 0) is 30.3 Å². The second kappa shape index (κ2) is 6.36. The van der Waals surface area contributed by atoms with Gasteiger partial charge in [-0.15, -0.1) is 0 Å². The van der Waals surface area contributed by atoms with Gasteiger partial charge in [0, 0.05) is 11.8 Å². The number of carboxylic acids is 1. The molecule has 0 bridgehead atoms. The lowest BCUT2D eigenvalue weighted by molar-refractivity contribution is 0.0690. The minimum absolute atomic E-state index is 0.0147. The topological polar surface area (TPSA) is 104 Å². The minimum Gasteiger partial charge on any atom is -0.507 e. The molecule has 0 saturated carbocycles. The average molecular weight is 362 g/mol. The molecule has 132 valence electrons. The fraction of sp³-hybridized carbons (Fsp3) is 0. The van der Waals surface area contributed by atoms with Crippen molar-refractivity contribution in [2.75, 3.05) is 0 Å². The van der Waals surface area contributed by atoms with Crippen LogP contribution in [0.15, 0.2) is 36.5 Å². The summed E-state index contributed by atoms with van der Waals surface area (Å²) in [6.07, 6.45) is 1.17. The Hall–Kier alpha value is -3.62. The molecule has 1 heterocycles. The highest BCUT2D eigenvalue weighted by molar-refractivity contribution is 5.96. The summed E-state index contributed by atoms with van der Waals surface area (Å²) in [6, 6.07) is 5.19. The molecule has 3 N–H and O–H groups in total. The number of aromatic hydroxyl groups is 2. The van der Waals surface area contributed by atoms with Crippen LogP contribution in [0, 0.1) is 17.5 Å². The van der Waals surface area contributed by atoms with Crippen LogP contribution >= 0.6 is 0 Å². The van der Waals surface area contributed by atoms with Gasteiger partial charge >= 0.3 is 5.97 Å². The Bertz CT molecular complexity index is 1040. The van der Waals surface area contributed by atoms with E-state index in [-0.39, 0.29) is 17.1 Å². The van der Waals surface area contributed by atoms with E-state index in [1.807, 2.05) is 0 Å². The van der Waals surface area contributed by atoms with Crippen molar-refractivity contribution in [2.45, 2.75) is 0 Å². The van der Waals surface area contributed by atoms with E-state index in [2.05, 4.69) is 9.97 Å². The Morgan fingerprint density at radius 1 is 0.923 bits per heavy atom. The Morgan fingerprint density at radius 2 is 1.62 bits per heavy atom. The smallest absolute Gasteiger partial charge is 0.343 e. The van der Waals surface area contributed by atoms with Crippen molar-refractivity contribution < 1.29 is 33.3 Å². The number of rotatable bonds is 3. The van der Waals surface area contributed by atoms with Gasteiger partial charge in [0.1, 0.15) is 17.1 Å². The van der Waals surface area contributed by atoms with Crippen LogP contribution in [0.5, 0.6) is 11.5 Å². The molecule has 0 spiro atoms. The quantitative estimate of drug-likeness (QED) is 0.618. The van der Waals surface area contributed by atoms with E-state index in [9.17, 15) is 28.2 Å². The summed E-state index contributed by atoms with van der Waals surface area (Å²) in [5, 5.41) is 28.7. The first-order valence-corrected chi connectivity index (χ1v) is 7.06. The van der Waals surface area contributed by atoms with E-state index in [4.69, 9.17) is 5.11 Å². The van der Waals surface area contributed by atoms with Crippen molar-refractivity contribution in [3.63, 3.8) is 0 Å². The summed E-state index contributed by atoms with van der Waals surface area (Å²) in [5.41, 5.74) is -1.24. The van der Waals surface area contributed by atoms with E-state index in [1.54, 1.807) is 0 Å². The largest absolute Gasteiger partial charge is 0.507 e. The molecule has 26 heavy (non-hydrogen) atoms. The molecule has 1 aromatic heterocycles. The van der Waals surface area contributed by atoms with Crippen molar-refractivity contribution in [3.8, 4) is 34.1 Å². The number of hydrogen-bond acceptors (Lipinski definition) is 5. The summed E-state index contributed by atoms with van der Waals surface area (Å²) < 4.78 is 40.4. The molecule has 0 aliphatic carbocycles. The predicted molar refractivity (Wildman–Crippen MR) is 83.1 cm³/mol. The highest BCUT2D eigenvalue weighted by atomic mass is 19.2. The lowest BCUT2D eigenvalue weighted by Gasteiger charge is -2.10. The Labute approximate surface area is 143 Å². The molecule has 0 aliphatic rings. The Balaban J connectivity index is 2.17. The van der Waals surface area contributed by atoms with Gasteiger partial charge in [-0.25, -0.2) is 27.9 Å². The highest BCUT2D eigenvalue weighted by Crippen LogP contribution is 2.36. The number of aromatic nitrogens is 2. The number of benzene rings is 2.